The highest BCUT2D eigenvalue weighted by molar-refractivity contribution is 5.97. The minimum atomic E-state index is -1.41. The molecule has 1 unspecified atom stereocenters. The number of carbonyl (C=O) groups excluding carboxylic acids is 6. The van der Waals surface area contributed by atoms with Crippen molar-refractivity contribution in [3.05, 3.63) is 71.8 Å². The van der Waals surface area contributed by atoms with E-state index in [4.69, 9.17) is 17.2 Å². The van der Waals surface area contributed by atoms with Gasteiger partial charge in [0.25, 0.3) is 0 Å². The number of nitrogens with one attached hydrogen (secondary N) is 6. The van der Waals surface area contributed by atoms with E-state index in [0.29, 0.717) is 17.7 Å². The number of hydrogen-bond donors (Lipinski definition) is 10. The van der Waals surface area contributed by atoms with E-state index in [-0.39, 0.29) is 25.3 Å². The van der Waals surface area contributed by atoms with Crippen molar-refractivity contribution in [2.45, 2.75) is 76.2 Å². The highest BCUT2D eigenvalue weighted by atomic mass is 16.3. The van der Waals surface area contributed by atoms with Crippen LogP contribution in [-0.2, 0) is 35.2 Å². The molecule has 1 aliphatic carbocycles. The number of hydrogen-bond acceptors (Lipinski definition) is 11. The van der Waals surface area contributed by atoms with Crippen LogP contribution in [0.1, 0.15) is 45.1 Å². The van der Waals surface area contributed by atoms with Gasteiger partial charge in [-0.25, -0.2) is 0 Å². The minimum Gasteiger partial charge on any atom is -0.394 e. The summed E-state index contributed by atoms with van der Waals surface area (Å²) in [5.74, 6) is -5.26. The second kappa shape index (κ2) is 17.4. The Morgan fingerprint density at radius 3 is 2.46 bits per heavy atom. The number of hydrazine groups is 2. The summed E-state index contributed by atoms with van der Waals surface area (Å²) in [4.78, 5) is 83.7. The molecule has 1 fully saturated rings. The zero-order chi connectivity index (χ0) is 39.1. The molecular weight excluding hydrogens is 698 g/mol. The molecule has 2 aliphatic heterocycles. The summed E-state index contributed by atoms with van der Waals surface area (Å²) in [5, 5.41) is 20.2. The number of allylic oxidation sites excluding steroid dienone is 3. The Bertz CT molecular complexity index is 1860. The van der Waals surface area contributed by atoms with Crippen molar-refractivity contribution in [2.75, 3.05) is 13.2 Å². The summed E-state index contributed by atoms with van der Waals surface area (Å²) in [6.45, 7) is 2.93. The first-order valence-electron chi connectivity index (χ1n) is 17.9. The summed E-state index contributed by atoms with van der Waals surface area (Å²) in [6.07, 6.45) is 10.5. The van der Waals surface area contributed by atoms with Gasteiger partial charge in [-0.05, 0) is 36.5 Å². The second-order valence-corrected chi connectivity index (χ2v) is 13.8. The summed E-state index contributed by atoms with van der Waals surface area (Å²) < 4.78 is 0. The van der Waals surface area contributed by atoms with E-state index in [1.165, 1.54) is 4.90 Å². The lowest BCUT2D eigenvalue weighted by molar-refractivity contribution is -0.143. The zero-order valence-corrected chi connectivity index (χ0v) is 30.2. The number of carbonyl (C=O) groups is 6. The first kappa shape index (κ1) is 39.5. The molecule has 290 valence electrons. The summed E-state index contributed by atoms with van der Waals surface area (Å²) in [5.41, 5.74) is 25.9. The van der Waals surface area contributed by atoms with Crippen LogP contribution in [0, 0.1) is 11.8 Å². The van der Waals surface area contributed by atoms with Gasteiger partial charge in [0.15, 0.2) is 0 Å². The van der Waals surface area contributed by atoms with E-state index in [0.717, 1.165) is 23.0 Å². The molecule has 0 bridgehead atoms. The number of aromatic nitrogens is 1. The van der Waals surface area contributed by atoms with Crippen molar-refractivity contribution >= 4 is 46.3 Å². The van der Waals surface area contributed by atoms with Gasteiger partial charge in [-0.3, -0.25) is 33.8 Å². The van der Waals surface area contributed by atoms with Gasteiger partial charge in [0.1, 0.15) is 24.2 Å². The quantitative estimate of drug-likeness (QED) is 0.0855. The Morgan fingerprint density at radius 2 is 1.80 bits per heavy atom. The molecule has 3 heterocycles. The van der Waals surface area contributed by atoms with Crippen LogP contribution in [0.25, 0.3) is 10.9 Å². The van der Waals surface area contributed by atoms with Gasteiger partial charge in [-0.15, -0.1) is 5.53 Å². The molecule has 1 aromatic heterocycles. The largest absolute Gasteiger partial charge is 0.394 e. The molecule has 0 spiro atoms. The summed E-state index contributed by atoms with van der Waals surface area (Å²) in [6, 6.07) is 1.21. The van der Waals surface area contributed by atoms with Crippen molar-refractivity contribution in [1.82, 2.24) is 41.8 Å². The van der Waals surface area contributed by atoms with E-state index in [1.807, 2.05) is 55.6 Å². The average molecular weight is 748 g/mol. The van der Waals surface area contributed by atoms with E-state index >= 15 is 0 Å². The SMILES string of the molecule is CC[C@H](C)[C@H](NC(=O)[C@@H](N)CC(N)=O)C(=O)N1CC(C2=CN(C3=CCC=C3)NN2)C[C@H]1C(=O)N[C@@H](Cc1c[nH]c2ccccc12)C(=O)N[C@@H](CO)C(N)=O. The van der Waals surface area contributed by atoms with Crippen LogP contribution in [-0.4, -0.2) is 98.8 Å². The molecule has 6 amide bonds. The fourth-order valence-electron chi connectivity index (χ4n) is 6.76. The number of rotatable bonds is 17. The average Bonchev–Trinajstić information content (AvgIpc) is 3.98. The molecule has 0 radical (unpaired) electrons. The Hall–Kier alpha value is -5.72. The molecule has 13 N–H and O–H groups in total. The standard InChI is InChI=1S/C36H49N11O7/c1-3-19(2)31(43-33(51)24(37)14-30(38)49)36(54)46-16-21(27-17-47(45-44-27)22-8-4-5-9-22)13-29(46)35(53)41-26(34(52)42-28(18-48)32(39)50)12-20-15-40-25-11-7-6-10-23(20)25/h4,6-11,15,17,19,21,24,26,28-29,31,40,44-45,48H,3,5,12-14,16,18,37H2,1-2H3,(H2,38,49)(H2,39,50)(H,41,53)(H,42,52)(H,43,51)/t19-,21?,24-,26-,28-,29-,31-/m0/s1. The Labute approximate surface area is 311 Å². The van der Waals surface area contributed by atoms with Crippen LogP contribution >= 0.6 is 0 Å². The second-order valence-electron chi connectivity index (χ2n) is 13.8. The van der Waals surface area contributed by atoms with Crippen LogP contribution in [0.15, 0.2) is 66.3 Å². The van der Waals surface area contributed by atoms with Crippen LogP contribution in [0.5, 0.6) is 0 Å². The number of aliphatic hydroxyl groups excluding tert-OH is 1. The number of para-hydroxylation sites is 1. The predicted molar refractivity (Wildman–Crippen MR) is 197 cm³/mol. The molecule has 1 saturated heterocycles. The number of likely N-dealkylation sites (tertiary alicyclic amines) is 1. The monoisotopic (exact) mass is 747 g/mol. The van der Waals surface area contributed by atoms with Gasteiger partial charge < -0.3 is 53.6 Å². The van der Waals surface area contributed by atoms with Gasteiger partial charge in [0.05, 0.1) is 30.5 Å². The van der Waals surface area contributed by atoms with Crippen molar-refractivity contribution in [1.29, 1.82) is 0 Å². The number of primary amides is 2. The maximum Gasteiger partial charge on any atom is 0.246 e. The number of aromatic amines is 1. The molecule has 54 heavy (non-hydrogen) atoms. The number of aliphatic hydroxyl groups is 1. The molecule has 18 nitrogen and oxygen atoms in total. The number of fused-ring (bicyclic) bond motifs is 1. The van der Waals surface area contributed by atoms with Crippen molar-refractivity contribution in [3.63, 3.8) is 0 Å². The first-order valence-corrected chi connectivity index (χ1v) is 17.9. The number of nitrogens with two attached hydrogens (primary N) is 3. The van der Waals surface area contributed by atoms with Gasteiger partial charge in [-0.1, -0.05) is 50.6 Å². The molecule has 5 rings (SSSR count). The van der Waals surface area contributed by atoms with E-state index < -0.39 is 84.6 Å². The zero-order valence-electron chi connectivity index (χ0n) is 30.2. The van der Waals surface area contributed by atoms with Crippen LogP contribution in [0.3, 0.4) is 0 Å². The fraction of sp³-hybridized carbons (Fsp3) is 0.444. The van der Waals surface area contributed by atoms with E-state index in [1.54, 1.807) is 18.1 Å². The topological polar surface area (TPSA) is 283 Å². The Balaban J connectivity index is 1.45. The molecular formula is C36H49N11O7. The van der Waals surface area contributed by atoms with Crippen LogP contribution in [0.2, 0.25) is 0 Å². The van der Waals surface area contributed by atoms with Gasteiger partial charge in [0.2, 0.25) is 35.4 Å². The minimum absolute atomic E-state index is 0.0138. The third-order valence-corrected chi connectivity index (χ3v) is 10.1. The smallest absolute Gasteiger partial charge is 0.246 e. The molecule has 2 aromatic rings. The third-order valence-electron chi connectivity index (χ3n) is 10.1. The maximum absolute atomic E-state index is 14.5. The number of nitrogens with zero attached hydrogens (tertiary/aromatic N) is 2. The van der Waals surface area contributed by atoms with E-state index in [2.05, 4.69) is 31.9 Å². The summed E-state index contributed by atoms with van der Waals surface area (Å²) >= 11 is 0. The number of amides is 6. The molecule has 1 aromatic carbocycles. The Morgan fingerprint density at radius 1 is 1.04 bits per heavy atom. The highest BCUT2D eigenvalue weighted by Crippen LogP contribution is 2.32. The first-order chi connectivity index (χ1) is 25.8. The van der Waals surface area contributed by atoms with Gasteiger partial charge in [0, 0.05) is 42.2 Å². The van der Waals surface area contributed by atoms with Gasteiger partial charge in [-0.2, -0.15) is 0 Å². The molecule has 3 aliphatic rings. The number of H-pyrrole nitrogens is 1. The Kier molecular flexibility index (Phi) is 12.7. The van der Waals surface area contributed by atoms with E-state index in [9.17, 15) is 33.9 Å². The van der Waals surface area contributed by atoms with Crippen molar-refractivity contribution in [2.24, 2.45) is 29.0 Å². The normalized spacial score (nSPS) is 20.7. The lowest BCUT2D eigenvalue weighted by atomic mass is 9.96. The lowest BCUT2D eigenvalue weighted by Gasteiger charge is -2.32. The van der Waals surface area contributed by atoms with Crippen LogP contribution in [0.4, 0.5) is 0 Å². The molecule has 0 saturated carbocycles. The van der Waals surface area contributed by atoms with Crippen molar-refractivity contribution < 1.29 is 33.9 Å². The lowest BCUT2D eigenvalue weighted by Crippen LogP contribution is -2.60. The molecule has 18 heteroatoms. The number of benzene rings is 1. The molecule has 7 atom stereocenters. The van der Waals surface area contributed by atoms with Crippen LogP contribution < -0.4 is 44.1 Å². The fourth-order valence-corrected chi connectivity index (χ4v) is 6.76. The predicted octanol–water partition coefficient (Wildman–Crippen LogP) is -1.88. The highest BCUT2D eigenvalue weighted by Gasteiger charge is 2.46. The van der Waals surface area contributed by atoms with Gasteiger partial charge >= 0.3 is 0 Å². The van der Waals surface area contributed by atoms with Crippen molar-refractivity contribution in [3.8, 4) is 0 Å². The maximum atomic E-state index is 14.5. The third kappa shape index (κ3) is 9.07. The summed E-state index contributed by atoms with van der Waals surface area (Å²) in [7, 11) is 0.